The molecule has 1 amide bonds. The summed E-state index contributed by atoms with van der Waals surface area (Å²) >= 11 is 0. The molecule has 7 heteroatoms. The number of hydrogen-bond donors (Lipinski definition) is 3. The molecule has 0 aromatic carbocycles. The third-order valence-corrected chi connectivity index (χ3v) is 6.52. The van der Waals surface area contributed by atoms with Crippen LogP contribution < -0.4 is 10.6 Å². The molecule has 164 valence electrons. The molecule has 30 heavy (non-hydrogen) atoms. The second-order valence-electron chi connectivity index (χ2n) is 9.10. The number of aliphatic carboxylic acids is 1. The van der Waals surface area contributed by atoms with Gasteiger partial charge in [0.2, 0.25) is 5.91 Å². The van der Waals surface area contributed by atoms with E-state index in [0.29, 0.717) is 31.3 Å². The molecule has 1 atom stereocenters. The lowest BCUT2D eigenvalue weighted by Gasteiger charge is -2.35. The zero-order chi connectivity index (χ0) is 20.9. The van der Waals surface area contributed by atoms with E-state index in [4.69, 9.17) is 9.72 Å². The van der Waals surface area contributed by atoms with Gasteiger partial charge in [-0.25, -0.2) is 9.78 Å². The van der Waals surface area contributed by atoms with Crippen molar-refractivity contribution in [1.82, 2.24) is 10.3 Å². The number of anilines is 1. The highest BCUT2D eigenvalue weighted by molar-refractivity contribution is 5.83. The minimum atomic E-state index is -0.985. The Kier molecular flexibility index (Phi) is 6.87. The molecule has 2 aliphatic carbocycles. The van der Waals surface area contributed by atoms with Gasteiger partial charge < -0.3 is 20.5 Å². The summed E-state index contributed by atoms with van der Waals surface area (Å²) in [6.07, 6.45) is 9.58. The van der Waals surface area contributed by atoms with Crippen LogP contribution in [0.2, 0.25) is 0 Å². The second kappa shape index (κ2) is 9.77. The average Bonchev–Trinajstić information content (AvgIpc) is 3.51. The van der Waals surface area contributed by atoms with Gasteiger partial charge in [0.1, 0.15) is 11.9 Å². The van der Waals surface area contributed by atoms with E-state index in [1.807, 2.05) is 0 Å². The van der Waals surface area contributed by atoms with Crippen molar-refractivity contribution in [3.05, 3.63) is 23.4 Å². The van der Waals surface area contributed by atoms with Gasteiger partial charge in [0.15, 0.2) is 0 Å². The zero-order valence-electron chi connectivity index (χ0n) is 17.6. The number of fused-ring (bicyclic) bond motifs is 1. The van der Waals surface area contributed by atoms with Crippen LogP contribution in [0.15, 0.2) is 12.1 Å². The summed E-state index contributed by atoms with van der Waals surface area (Å²) in [5, 5.41) is 15.3. The number of hydrogen-bond acceptors (Lipinski definition) is 5. The van der Waals surface area contributed by atoms with Crippen LogP contribution in [0.5, 0.6) is 0 Å². The number of aromatic nitrogens is 1. The van der Waals surface area contributed by atoms with E-state index in [2.05, 4.69) is 22.8 Å². The maximum atomic E-state index is 11.9. The standard InChI is InChI=1S/C23H33N3O4/c27-21(14-15-3-4-15)26-20(23(28)29)9-11-30-19-12-16(13-19)5-7-18-8-6-17-2-1-10-24-22(17)25-18/h6,8,15-16,19-20H,1-5,7,9-14H2,(H,24,25)(H,26,27)(H,28,29)/t16-,19-,20-/m0/s1. The number of carbonyl (C=O) groups excluding carboxylic acids is 1. The predicted octanol–water partition coefficient (Wildman–Crippen LogP) is 2.93. The summed E-state index contributed by atoms with van der Waals surface area (Å²) in [6, 6.07) is 3.51. The van der Waals surface area contributed by atoms with Crippen LogP contribution in [0.3, 0.4) is 0 Å². The maximum absolute atomic E-state index is 11.9. The normalized spacial score (nSPS) is 23.6. The maximum Gasteiger partial charge on any atom is 0.326 e. The highest BCUT2D eigenvalue weighted by Gasteiger charge is 2.31. The Morgan fingerprint density at radius 2 is 2.10 bits per heavy atom. The minimum Gasteiger partial charge on any atom is -0.480 e. The third-order valence-electron chi connectivity index (χ3n) is 6.52. The van der Waals surface area contributed by atoms with Gasteiger partial charge in [0.05, 0.1) is 6.10 Å². The van der Waals surface area contributed by atoms with Crippen LogP contribution in [0, 0.1) is 11.8 Å². The van der Waals surface area contributed by atoms with Crippen molar-refractivity contribution in [2.24, 2.45) is 11.8 Å². The molecule has 2 fully saturated rings. The van der Waals surface area contributed by atoms with Gasteiger partial charge in [-0.3, -0.25) is 4.79 Å². The SMILES string of the molecule is O=C(CC1CC1)N[C@@H](CCO[C@H]1C[C@H](CCc2ccc3c(n2)NCCC3)C1)C(=O)O. The number of nitrogens with one attached hydrogen (secondary N) is 2. The van der Waals surface area contributed by atoms with Gasteiger partial charge >= 0.3 is 5.97 Å². The van der Waals surface area contributed by atoms with E-state index in [9.17, 15) is 14.7 Å². The fourth-order valence-corrected chi connectivity index (χ4v) is 4.35. The number of nitrogens with zero attached hydrogens (tertiary/aromatic N) is 1. The molecule has 2 saturated carbocycles. The van der Waals surface area contributed by atoms with Crippen LogP contribution in [-0.4, -0.2) is 47.3 Å². The van der Waals surface area contributed by atoms with Crippen molar-refractivity contribution in [3.8, 4) is 0 Å². The molecule has 0 radical (unpaired) electrons. The predicted molar refractivity (Wildman–Crippen MR) is 113 cm³/mol. The monoisotopic (exact) mass is 415 g/mol. The summed E-state index contributed by atoms with van der Waals surface area (Å²) in [5.74, 6) is 1.02. The van der Waals surface area contributed by atoms with Gasteiger partial charge in [-0.15, -0.1) is 0 Å². The summed E-state index contributed by atoms with van der Waals surface area (Å²) in [7, 11) is 0. The van der Waals surface area contributed by atoms with Crippen LogP contribution in [-0.2, 0) is 27.2 Å². The molecule has 0 saturated heterocycles. The average molecular weight is 416 g/mol. The number of carboxylic acid groups (broad SMARTS) is 1. The number of ether oxygens (including phenoxy) is 1. The minimum absolute atomic E-state index is 0.153. The molecule has 3 N–H and O–H groups in total. The molecule has 4 rings (SSSR count). The Morgan fingerprint density at radius 3 is 2.87 bits per heavy atom. The molecule has 3 aliphatic rings. The van der Waals surface area contributed by atoms with Gasteiger partial charge in [-0.2, -0.15) is 0 Å². The number of carboxylic acids is 1. The molecule has 0 unspecified atom stereocenters. The number of pyridine rings is 1. The molecule has 7 nitrogen and oxygen atoms in total. The number of rotatable bonds is 11. The zero-order valence-corrected chi connectivity index (χ0v) is 17.6. The molecule has 1 aromatic heterocycles. The van der Waals surface area contributed by atoms with Crippen molar-refractivity contribution in [2.45, 2.75) is 76.4 Å². The quantitative estimate of drug-likeness (QED) is 0.514. The Balaban J connectivity index is 1.10. The molecule has 1 aromatic rings. The van der Waals surface area contributed by atoms with Gasteiger partial charge in [-0.1, -0.05) is 6.07 Å². The first-order chi connectivity index (χ1) is 14.6. The highest BCUT2D eigenvalue weighted by atomic mass is 16.5. The third kappa shape index (κ3) is 5.94. The van der Waals surface area contributed by atoms with Crippen LogP contribution in [0.25, 0.3) is 0 Å². The van der Waals surface area contributed by atoms with Crippen molar-refractivity contribution in [2.75, 3.05) is 18.5 Å². The first-order valence-electron chi connectivity index (χ1n) is 11.4. The number of amides is 1. The fourth-order valence-electron chi connectivity index (χ4n) is 4.35. The molecular formula is C23H33N3O4. The summed E-state index contributed by atoms with van der Waals surface area (Å²) < 4.78 is 5.85. The van der Waals surface area contributed by atoms with E-state index >= 15 is 0 Å². The van der Waals surface area contributed by atoms with E-state index in [-0.39, 0.29) is 12.0 Å². The second-order valence-corrected chi connectivity index (χ2v) is 9.10. The Morgan fingerprint density at radius 1 is 1.27 bits per heavy atom. The molecule has 2 heterocycles. The molecule has 1 aliphatic heterocycles. The first-order valence-corrected chi connectivity index (χ1v) is 11.4. The van der Waals surface area contributed by atoms with Crippen LogP contribution >= 0.6 is 0 Å². The summed E-state index contributed by atoms with van der Waals surface area (Å²) in [6.45, 7) is 1.38. The summed E-state index contributed by atoms with van der Waals surface area (Å²) in [4.78, 5) is 28.0. The van der Waals surface area contributed by atoms with E-state index in [0.717, 1.165) is 63.0 Å². The van der Waals surface area contributed by atoms with Gasteiger partial charge in [0, 0.05) is 31.7 Å². The van der Waals surface area contributed by atoms with E-state index in [1.54, 1.807) is 0 Å². The lowest BCUT2D eigenvalue weighted by atomic mass is 9.79. The smallest absolute Gasteiger partial charge is 0.326 e. The summed E-state index contributed by atoms with van der Waals surface area (Å²) in [5.41, 5.74) is 2.48. The van der Waals surface area contributed by atoms with Crippen LogP contribution in [0.4, 0.5) is 5.82 Å². The van der Waals surface area contributed by atoms with E-state index < -0.39 is 12.0 Å². The van der Waals surface area contributed by atoms with Crippen molar-refractivity contribution < 1.29 is 19.4 Å². The molecule has 0 bridgehead atoms. The Labute approximate surface area is 178 Å². The van der Waals surface area contributed by atoms with Crippen molar-refractivity contribution in [3.63, 3.8) is 0 Å². The first kappa shape index (κ1) is 21.1. The van der Waals surface area contributed by atoms with Gasteiger partial charge in [-0.05, 0) is 74.8 Å². The number of carbonyl (C=O) groups is 2. The molecule has 0 spiro atoms. The highest BCUT2D eigenvalue weighted by Crippen LogP contribution is 2.34. The van der Waals surface area contributed by atoms with Crippen molar-refractivity contribution >= 4 is 17.7 Å². The van der Waals surface area contributed by atoms with Crippen LogP contribution in [0.1, 0.15) is 62.6 Å². The van der Waals surface area contributed by atoms with Gasteiger partial charge in [0.25, 0.3) is 0 Å². The Hall–Kier alpha value is -2.15. The fraction of sp³-hybridized carbons (Fsp3) is 0.696. The number of aryl methyl sites for hydroxylation is 2. The lowest BCUT2D eigenvalue weighted by Crippen LogP contribution is -2.42. The lowest BCUT2D eigenvalue weighted by molar-refractivity contribution is -0.142. The topological polar surface area (TPSA) is 101 Å². The Bertz CT molecular complexity index is 759. The largest absolute Gasteiger partial charge is 0.480 e. The van der Waals surface area contributed by atoms with E-state index in [1.165, 1.54) is 12.0 Å². The van der Waals surface area contributed by atoms with Crippen molar-refractivity contribution in [1.29, 1.82) is 0 Å². The molecular weight excluding hydrogens is 382 g/mol.